The standard InChI is InChI=1S/C30H26N2O6/c1-30(2)37-28(33)27(29(34)38-30)26(22-16-32-23-11-7-6-10-21(22)23)18-12-13-24(25(14-18)35-3)36-17-20-9-5-4-8-19(20)15-31/h4-14,16,26-27,32H,17H2,1-3H3/t26-/m0/s1. The third kappa shape index (κ3) is 4.66. The molecule has 5 rings (SSSR count). The fraction of sp³-hybridized carbons (Fsp3) is 0.233. The predicted molar refractivity (Wildman–Crippen MR) is 138 cm³/mol. The Bertz CT molecular complexity index is 1540. The van der Waals surface area contributed by atoms with Gasteiger partial charge in [0, 0.05) is 42.4 Å². The average molecular weight is 511 g/mol. The number of hydrogen-bond acceptors (Lipinski definition) is 7. The molecule has 1 aliphatic rings. The predicted octanol–water partition coefficient (Wildman–Crippen LogP) is 5.21. The highest BCUT2D eigenvalue weighted by atomic mass is 16.7. The summed E-state index contributed by atoms with van der Waals surface area (Å²) in [6.45, 7) is 3.22. The topological polar surface area (TPSA) is 111 Å². The van der Waals surface area contributed by atoms with Crippen molar-refractivity contribution in [3.63, 3.8) is 0 Å². The highest BCUT2D eigenvalue weighted by Gasteiger charge is 2.48. The second-order valence-electron chi connectivity index (χ2n) is 9.45. The van der Waals surface area contributed by atoms with Crippen molar-refractivity contribution in [2.45, 2.75) is 32.2 Å². The van der Waals surface area contributed by atoms with Crippen LogP contribution in [0.4, 0.5) is 0 Å². The molecule has 1 fully saturated rings. The van der Waals surface area contributed by atoms with Gasteiger partial charge in [-0.1, -0.05) is 42.5 Å². The first-order chi connectivity index (χ1) is 18.3. The number of rotatable bonds is 7. The molecular weight excluding hydrogens is 484 g/mol. The maximum Gasteiger partial charge on any atom is 0.324 e. The van der Waals surface area contributed by atoms with Crippen molar-refractivity contribution in [3.8, 4) is 17.6 Å². The van der Waals surface area contributed by atoms with Crippen LogP contribution in [-0.2, 0) is 25.7 Å². The summed E-state index contributed by atoms with van der Waals surface area (Å²) in [6, 6.07) is 22.3. The fourth-order valence-corrected chi connectivity index (χ4v) is 4.81. The molecule has 1 aromatic heterocycles. The number of methoxy groups -OCH3 is 1. The molecule has 8 heteroatoms. The second-order valence-corrected chi connectivity index (χ2v) is 9.45. The lowest BCUT2D eigenvalue weighted by atomic mass is 9.80. The molecule has 1 atom stereocenters. The minimum Gasteiger partial charge on any atom is -0.493 e. The number of cyclic esters (lactones) is 2. The molecule has 2 heterocycles. The van der Waals surface area contributed by atoms with Crippen molar-refractivity contribution in [1.82, 2.24) is 4.98 Å². The number of hydrogen-bond donors (Lipinski definition) is 1. The fourth-order valence-electron chi connectivity index (χ4n) is 4.81. The summed E-state index contributed by atoms with van der Waals surface area (Å²) in [4.78, 5) is 29.6. The van der Waals surface area contributed by atoms with Crippen LogP contribution in [0.2, 0.25) is 0 Å². The van der Waals surface area contributed by atoms with E-state index in [1.807, 2.05) is 36.4 Å². The summed E-state index contributed by atoms with van der Waals surface area (Å²) in [6.07, 6.45) is 1.80. The number of carbonyl (C=O) groups excluding carboxylic acids is 2. The number of esters is 2. The van der Waals surface area contributed by atoms with Gasteiger partial charge in [0.15, 0.2) is 17.4 Å². The summed E-state index contributed by atoms with van der Waals surface area (Å²) >= 11 is 0. The zero-order chi connectivity index (χ0) is 26.9. The van der Waals surface area contributed by atoms with Crippen molar-refractivity contribution >= 4 is 22.8 Å². The van der Waals surface area contributed by atoms with Crippen LogP contribution in [-0.4, -0.2) is 29.8 Å². The summed E-state index contributed by atoms with van der Waals surface area (Å²) in [5.41, 5.74) is 3.54. The summed E-state index contributed by atoms with van der Waals surface area (Å²) in [7, 11) is 1.52. The molecule has 3 aromatic carbocycles. The number of aromatic amines is 1. The highest BCUT2D eigenvalue weighted by molar-refractivity contribution is 5.99. The van der Waals surface area contributed by atoms with Crippen LogP contribution < -0.4 is 9.47 Å². The number of fused-ring (bicyclic) bond motifs is 1. The van der Waals surface area contributed by atoms with Crippen LogP contribution in [0.3, 0.4) is 0 Å². The van der Waals surface area contributed by atoms with Crippen LogP contribution >= 0.6 is 0 Å². The van der Waals surface area contributed by atoms with E-state index in [0.29, 0.717) is 22.6 Å². The van der Waals surface area contributed by atoms with Crippen molar-refractivity contribution in [2.24, 2.45) is 5.92 Å². The van der Waals surface area contributed by atoms with Crippen molar-refractivity contribution in [2.75, 3.05) is 7.11 Å². The number of nitrogens with one attached hydrogen (secondary N) is 1. The first-order valence-electron chi connectivity index (χ1n) is 12.1. The van der Waals surface area contributed by atoms with Crippen molar-refractivity contribution in [1.29, 1.82) is 5.26 Å². The molecule has 0 spiro atoms. The Labute approximate surface area is 219 Å². The van der Waals surface area contributed by atoms with E-state index in [1.165, 1.54) is 21.0 Å². The summed E-state index contributed by atoms with van der Waals surface area (Å²) in [5.74, 6) is -3.73. The van der Waals surface area contributed by atoms with Crippen LogP contribution in [0.15, 0.2) is 72.9 Å². The third-order valence-electron chi connectivity index (χ3n) is 6.56. The van der Waals surface area contributed by atoms with Crippen LogP contribution in [0.1, 0.15) is 42.0 Å². The zero-order valence-corrected chi connectivity index (χ0v) is 21.2. The third-order valence-corrected chi connectivity index (χ3v) is 6.56. The molecular formula is C30H26N2O6. The van der Waals surface area contributed by atoms with E-state index in [1.54, 1.807) is 36.5 Å². The summed E-state index contributed by atoms with van der Waals surface area (Å²) in [5, 5.41) is 10.2. The number of nitrogens with zero attached hydrogens (tertiary/aromatic N) is 1. The van der Waals surface area contributed by atoms with E-state index in [9.17, 15) is 14.9 Å². The molecule has 1 aliphatic heterocycles. The molecule has 192 valence electrons. The number of nitriles is 1. The van der Waals surface area contributed by atoms with Crippen molar-refractivity contribution < 1.29 is 28.5 Å². The Kier molecular flexibility index (Phi) is 6.52. The second kappa shape index (κ2) is 9.94. The zero-order valence-electron chi connectivity index (χ0n) is 21.2. The molecule has 4 aromatic rings. The Hall–Kier alpha value is -4.77. The van der Waals surface area contributed by atoms with Gasteiger partial charge in [-0.05, 0) is 35.4 Å². The average Bonchev–Trinajstić information content (AvgIpc) is 3.33. The highest BCUT2D eigenvalue weighted by Crippen LogP contribution is 2.43. The molecule has 8 nitrogen and oxygen atoms in total. The minimum absolute atomic E-state index is 0.168. The van der Waals surface area contributed by atoms with Gasteiger partial charge >= 0.3 is 11.9 Å². The van der Waals surface area contributed by atoms with E-state index >= 15 is 0 Å². The molecule has 38 heavy (non-hydrogen) atoms. The quantitative estimate of drug-likeness (QED) is 0.268. The SMILES string of the molecule is COc1cc([C@@H](c2c[nH]c3ccccc23)C2C(=O)OC(C)(C)OC2=O)ccc1OCc1ccccc1C#N. The van der Waals surface area contributed by atoms with E-state index in [0.717, 1.165) is 22.0 Å². The van der Waals surface area contributed by atoms with E-state index < -0.39 is 29.6 Å². The van der Waals surface area contributed by atoms with Gasteiger partial charge in [0.1, 0.15) is 6.61 Å². The molecule has 1 N–H and O–H groups in total. The number of carbonyl (C=O) groups is 2. The number of ether oxygens (including phenoxy) is 4. The van der Waals surface area contributed by atoms with Crippen LogP contribution in [0.5, 0.6) is 11.5 Å². The van der Waals surface area contributed by atoms with Gasteiger partial charge in [0.2, 0.25) is 0 Å². The molecule has 1 saturated heterocycles. The van der Waals surface area contributed by atoms with Crippen LogP contribution in [0.25, 0.3) is 10.9 Å². The lowest BCUT2D eigenvalue weighted by Gasteiger charge is -2.36. The first-order valence-corrected chi connectivity index (χ1v) is 12.1. The number of H-pyrrole nitrogens is 1. The smallest absolute Gasteiger partial charge is 0.324 e. The lowest BCUT2D eigenvalue weighted by Crippen LogP contribution is -2.48. The Morgan fingerprint density at radius 1 is 1.00 bits per heavy atom. The lowest BCUT2D eigenvalue weighted by molar-refractivity contribution is -0.240. The van der Waals surface area contributed by atoms with Crippen molar-refractivity contribution in [3.05, 3.63) is 95.2 Å². The minimum atomic E-state index is -1.34. The molecule has 0 amide bonds. The van der Waals surface area contributed by atoms with Gasteiger partial charge < -0.3 is 23.9 Å². The molecule has 0 radical (unpaired) electrons. The Balaban J connectivity index is 1.55. The van der Waals surface area contributed by atoms with Gasteiger partial charge in [-0.3, -0.25) is 9.59 Å². The van der Waals surface area contributed by atoms with E-state index in [-0.39, 0.29) is 6.61 Å². The van der Waals surface area contributed by atoms with Gasteiger partial charge in [-0.2, -0.15) is 5.26 Å². The molecule has 0 aliphatic carbocycles. The van der Waals surface area contributed by atoms with Gasteiger partial charge in [-0.15, -0.1) is 0 Å². The maximum atomic E-state index is 13.2. The monoisotopic (exact) mass is 510 g/mol. The van der Waals surface area contributed by atoms with E-state index in [2.05, 4.69) is 11.1 Å². The number of aromatic nitrogens is 1. The normalized spacial score (nSPS) is 15.8. The number of benzene rings is 3. The van der Waals surface area contributed by atoms with Gasteiger partial charge in [0.25, 0.3) is 5.79 Å². The maximum absolute atomic E-state index is 13.2. The van der Waals surface area contributed by atoms with Crippen LogP contribution in [0, 0.1) is 17.2 Å². The van der Waals surface area contributed by atoms with Gasteiger partial charge in [-0.25, -0.2) is 0 Å². The first kappa shape index (κ1) is 24.9. The van der Waals surface area contributed by atoms with Gasteiger partial charge in [0.05, 0.1) is 18.7 Å². The Morgan fingerprint density at radius 3 is 2.45 bits per heavy atom. The number of para-hydroxylation sites is 1. The van der Waals surface area contributed by atoms with E-state index in [4.69, 9.17) is 18.9 Å². The molecule has 0 saturated carbocycles. The molecule has 0 unspecified atom stereocenters. The summed E-state index contributed by atoms with van der Waals surface area (Å²) < 4.78 is 22.6. The molecule has 0 bridgehead atoms. The Morgan fingerprint density at radius 2 is 1.71 bits per heavy atom. The largest absolute Gasteiger partial charge is 0.493 e.